The first-order valence-electron chi connectivity index (χ1n) is 5.41. The number of halogens is 1. The molecule has 0 atom stereocenters. The second-order valence-electron chi connectivity index (χ2n) is 3.97. The van der Waals surface area contributed by atoms with Crippen molar-refractivity contribution in [3.63, 3.8) is 0 Å². The summed E-state index contributed by atoms with van der Waals surface area (Å²) >= 11 is 5.92. The number of aromatic nitrogens is 2. The molecule has 3 nitrogen and oxygen atoms in total. The molecule has 0 unspecified atom stereocenters. The van der Waals surface area contributed by atoms with Crippen molar-refractivity contribution in [3.05, 3.63) is 52.8 Å². The Hall–Kier alpha value is -1.61. The Morgan fingerprint density at radius 3 is 2.53 bits per heavy atom. The summed E-state index contributed by atoms with van der Waals surface area (Å²) in [6.45, 7) is 2.67. The molecule has 4 heteroatoms. The van der Waals surface area contributed by atoms with Gasteiger partial charge in [0.1, 0.15) is 5.15 Å². The van der Waals surface area contributed by atoms with Crippen molar-refractivity contribution in [2.45, 2.75) is 13.5 Å². The number of hydrogen-bond donors (Lipinski definition) is 0. The van der Waals surface area contributed by atoms with Gasteiger partial charge in [-0.25, -0.2) is 9.97 Å². The molecule has 0 aliphatic rings. The molecule has 88 valence electrons. The molecule has 0 saturated heterocycles. The summed E-state index contributed by atoms with van der Waals surface area (Å²) < 4.78 is 0. The first kappa shape index (κ1) is 11.9. The van der Waals surface area contributed by atoms with E-state index in [2.05, 4.69) is 22.1 Å². The Kier molecular flexibility index (Phi) is 3.59. The largest absolute Gasteiger partial charge is 0.340 e. The van der Waals surface area contributed by atoms with Gasteiger partial charge >= 0.3 is 0 Å². The van der Waals surface area contributed by atoms with Crippen molar-refractivity contribution in [1.29, 1.82) is 0 Å². The zero-order valence-corrected chi connectivity index (χ0v) is 10.6. The van der Waals surface area contributed by atoms with E-state index in [0.29, 0.717) is 11.1 Å². The molecule has 0 spiro atoms. The van der Waals surface area contributed by atoms with E-state index in [1.54, 1.807) is 6.07 Å². The summed E-state index contributed by atoms with van der Waals surface area (Å²) in [5.74, 6) is 0.652. The third kappa shape index (κ3) is 3.17. The monoisotopic (exact) mass is 247 g/mol. The molecule has 1 aromatic heterocycles. The fourth-order valence-corrected chi connectivity index (χ4v) is 1.85. The van der Waals surface area contributed by atoms with Gasteiger partial charge in [-0.2, -0.15) is 0 Å². The van der Waals surface area contributed by atoms with E-state index >= 15 is 0 Å². The molecule has 0 fully saturated rings. The first-order chi connectivity index (χ1) is 8.15. The molecule has 0 N–H and O–H groups in total. The van der Waals surface area contributed by atoms with Crippen molar-refractivity contribution in [2.75, 3.05) is 11.9 Å². The summed E-state index contributed by atoms with van der Waals surface area (Å²) in [6, 6.07) is 12.0. The van der Waals surface area contributed by atoms with Crippen LogP contribution in [0.1, 0.15) is 11.3 Å². The lowest BCUT2D eigenvalue weighted by molar-refractivity contribution is 0.859. The van der Waals surface area contributed by atoms with Gasteiger partial charge in [-0.05, 0) is 18.6 Å². The van der Waals surface area contributed by atoms with Crippen molar-refractivity contribution < 1.29 is 0 Å². The Labute approximate surface area is 106 Å². The minimum absolute atomic E-state index is 0.479. The Morgan fingerprint density at radius 2 is 1.88 bits per heavy atom. The molecule has 17 heavy (non-hydrogen) atoms. The number of aryl methyl sites for hydroxylation is 1. The summed E-state index contributed by atoms with van der Waals surface area (Å²) in [5.41, 5.74) is 2.09. The van der Waals surface area contributed by atoms with Crippen LogP contribution in [-0.4, -0.2) is 17.0 Å². The van der Waals surface area contributed by atoms with Crippen LogP contribution in [0.5, 0.6) is 0 Å². The lowest BCUT2D eigenvalue weighted by Gasteiger charge is -2.17. The predicted octanol–water partition coefficient (Wildman–Crippen LogP) is 3.07. The lowest BCUT2D eigenvalue weighted by Crippen LogP contribution is -2.19. The van der Waals surface area contributed by atoms with E-state index in [1.807, 2.05) is 37.1 Å². The predicted molar refractivity (Wildman–Crippen MR) is 70.3 cm³/mol. The molecular formula is C13H14ClN3. The molecule has 0 radical (unpaired) electrons. The van der Waals surface area contributed by atoms with Crippen molar-refractivity contribution >= 4 is 17.5 Å². The van der Waals surface area contributed by atoms with Crippen LogP contribution in [-0.2, 0) is 6.54 Å². The van der Waals surface area contributed by atoms with Crippen molar-refractivity contribution in [3.8, 4) is 0 Å². The molecule has 0 aliphatic heterocycles. The lowest BCUT2D eigenvalue weighted by atomic mass is 10.2. The number of nitrogens with zero attached hydrogens (tertiary/aromatic N) is 3. The topological polar surface area (TPSA) is 29.0 Å². The first-order valence-corrected chi connectivity index (χ1v) is 5.79. The smallest absolute Gasteiger partial charge is 0.227 e. The third-order valence-electron chi connectivity index (χ3n) is 2.42. The minimum atomic E-state index is 0.479. The van der Waals surface area contributed by atoms with Crippen LogP contribution in [0.3, 0.4) is 0 Å². The van der Waals surface area contributed by atoms with Crippen molar-refractivity contribution in [1.82, 2.24) is 9.97 Å². The van der Waals surface area contributed by atoms with Crippen LogP contribution in [0.15, 0.2) is 36.4 Å². The maximum absolute atomic E-state index is 5.92. The molecule has 0 bridgehead atoms. The summed E-state index contributed by atoms with van der Waals surface area (Å²) in [7, 11) is 1.96. The number of hydrogen-bond acceptors (Lipinski definition) is 3. The second kappa shape index (κ2) is 5.15. The average Bonchev–Trinajstić information content (AvgIpc) is 2.29. The van der Waals surface area contributed by atoms with Crippen LogP contribution >= 0.6 is 11.6 Å². The van der Waals surface area contributed by atoms with E-state index in [-0.39, 0.29) is 0 Å². The second-order valence-corrected chi connectivity index (χ2v) is 4.36. The number of benzene rings is 1. The minimum Gasteiger partial charge on any atom is -0.340 e. The summed E-state index contributed by atoms with van der Waals surface area (Å²) in [6.07, 6.45) is 0. The molecule has 2 aromatic rings. The van der Waals surface area contributed by atoms with Gasteiger partial charge in [-0.1, -0.05) is 41.9 Å². The highest BCUT2D eigenvalue weighted by molar-refractivity contribution is 6.29. The molecular weight excluding hydrogens is 234 g/mol. The fourth-order valence-electron chi connectivity index (χ4n) is 1.61. The Bertz CT molecular complexity index is 479. The van der Waals surface area contributed by atoms with Gasteiger partial charge in [0.15, 0.2) is 0 Å². The molecule has 1 heterocycles. The Morgan fingerprint density at radius 1 is 1.18 bits per heavy atom. The highest BCUT2D eigenvalue weighted by atomic mass is 35.5. The van der Waals surface area contributed by atoms with Gasteiger partial charge in [0.05, 0.1) is 0 Å². The van der Waals surface area contributed by atoms with E-state index in [9.17, 15) is 0 Å². The van der Waals surface area contributed by atoms with Gasteiger partial charge in [-0.15, -0.1) is 0 Å². The maximum atomic E-state index is 5.92. The van der Waals surface area contributed by atoms with Crippen LogP contribution in [0.25, 0.3) is 0 Å². The normalized spacial score (nSPS) is 10.3. The number of anilines is 1. The molecule has 1 aromatic carbocycles. The maximum Gasteiger partial charge on any atom is 0.227 e. The summed E-state index contributed by atoms with van der Waals surface area (Å²) in [5, 5.41) is 0.479. The fraction of sp³-hybridized carbons (Fsp3) is 0.231. The highest BCUT2D eigenvalue weighted by Gasteiger charge is 2.06. The van der Waals surface area contributed by atoms with Crippen LogP contribution < -0.4 is 4.90 Å². The van der Waals surface area contributed by atoms with Crippen molar-refractivity contribution in [2.24, 2.45) is 0 Å². The van der Waals surface area contributed by atoms with E-state index in [1.165, 1.54) is 5.56 Å². The standard InChI is InChI=1S/C13H14ClN3/c1-10-8-12(14)16-13(15-10)17(2)9-11-6-4-3-5-7-11/h3-8H,9H2,1-2H3. The van der Waals surface area contributed by atoms with Gasteiger partial charge in [0.25, 0.3) is 0 Å². The number of rotatable bonds is 3. The van der Waals surface area contributed by atoms with E-state index in [0.717, 1.165) is 12.2 Å². The summed E-state index contributed by atoms with van der Waals surface area (Å²) in [4.78, 5) is 10.6. The average molecular weight is 248 g/mol. The Balaban J connectivity index is 2.17. The zero-order valence-electron chi connectivity index (χ0n) is 9.89. The molecule has 0 saturated carbocycles. The van der Waals surface area contributed by atoms with Crippen LogP contribution in [0, 0.1) is 6.92 Å². The van der Waals surface area contributed by atoms with Gasteiger partial charge < -0.3 is 4.90 Å². The van der Waals surface area contributed by atoms with Gasteiger partial charge in [0.2, 0.25) is 5.95 Å². The van der Waals surface area contributed by atoms with E-state index in [4.69, 9.17) is 11.6 Å². The molecule has 0 amide bonds. The molecule has 2 rings (SSSR count). The van der Waals surface area contributed by atoms with E-state index < -0.39 is 0 Å². The highest BCUT2D eigenvalue weighted by Crippen LogP contribution is 2.14. The van der Waals surface area contributed by atoms with Gasteiger partial charge in [0, 0.05) is 19.3 Å². The van der Waals surface area contributed by atoms with Crippen LogP contribution in [0.4, 0.5) is 5.95 Å². The third-order valence-corrected chi connectivity index (χ3v) is 2.61. The van der Waals surface area contributed by atoms with Crippen LogP contribution in [0.2, 0.25) is 5.15 Å². The molecule has 0 aliphatic carbocycles. The quantitative estimate of drug-likeness (QED) is 0.781. The SMILES string of the molecule is Cc1cc(Cl)nc(N(C)Cc2ccccc2)n1. The zero-order chi connectivity index (χ0) is 12.3. The van der Waals surface area contributed by atoms with Gasteiger partial charge in [-0.3, -0.25) is 0 Å².